The molecule has 0 rings (SSSR count). The summed E-state index contributed by atoms with van der Waals surface area (Å²) in [7, 11) is 0. The molecule has 0 aliphatic rings. The van der Waals surface area contributed by atoms with Crippen molar-refractivity contribution in [3.8, 4) is 0 Å². The van der Waals surface area contributed by atoms with Gasteiger partial charge in [-0.05, 0) is 37.0 Å². The molecule has 1 unspecified atom stereocenters. The molecule has 0 radical (unpaired) electrons. The fourth-order valence-electron chi connectivity index (χ4n) is 7.55. The molecule has 0 spiro atoms. The van der Waals surface area contributed by atoms with Gasteiger partial charge in [0.15, 0.2) is 6.10 Å². The first-order valence-electron chi connectivity index (χ1n) is 25.1. The molecule has 0 N–H and O–H groups in total. The topological polar surface area (TPSA) is 78.9 Å². The van der Waals surface area contributed by atoms with Crippen LogP contribution in [0, 0.1) is 17.8 Å². The van der Waals surface area contributed by atoms with Gasteiger partial charge in [-0.25, -0.2) is 0 Å². The molecule has 0 aromatic carbocycles. The maximum absolute atomic E-state index is 12.8. The van der Waals surface area contributed by atoms with Crippen LogP contribution in [0.5, 0.6) is 0 Å². The van der Waals surface area contributed by atoms with Crippen LogP contribution in [0.3, 0.4) is 0 Å². The molecule has 2 atom stereocenters. The lowest BCUT2D eigenvalue weighted by molar-refractivity contribution is -0.167. The van der Waals surface area contributed by atoms with E-state index in [1.807, 2.05) is 0 Å². The van der Waals surface area contributed by atoms with Gasteiger partial charge < -0.3 is 14.2 Å². The summed E-state index contributed by atoms with van der Waals surface area (Å²) in [4.78, 5) is 37.8. The first-order valence-corrected chi connectivity index (χ1v) is 25.1. The molecule has 0 saturated heterocycles. The van der Waals surface area contributed by atoms with E-state index in [-0.39, 0.29) is 31.1 Å². The number of rotatable bonds is 44. The Morgan fingerprint density at radius 1 is 0.351 bits per heavy atom. The lowest BCUT2D eigenvalue weighted by atomic mass is 9.99. The molecule has 0 heterocycles. The van der Waals surface area contributed by atoms with Crippen LogP contribution in [0.25, 0.3) is 0 Å². The van der Waals surface area contributed by atoms with Crippen molar-refractivity contribution in [3.63, 3.8) is 0 Å². The monoisotopic (exact) mass is 807 g/mol. The minimum atomic E-state index is -0.763. The normalized spacial score (nSPS) is 12.6. The Hall–Kier alpha value is -1.59. The van der Waals surface area contributed by atoms with Crippen LogP contribution in [-0.2, 0) is 28.6 Å². The predicted octanol–water partition coefficient (Wildman–Crippen LogP) is 16.0. The first kappa shape index (κ1) is 55.4. The van der Waals surface area contributed by atoms with E-state index >= 15 is 0 Å². The summed E-state index contributed by atoms with van der Waals surface area (Å²) in [6.07, 6.45) is 40.9. The highest BCUT2D eigenvalue weighted by molar-refractivity contribution is 5.71. The minimum absolute atomic E-state index is 0.0658. The fourth-order valence-corrected chi connectivity index (χ4v) is 7.55. The highest BCUT2D eigenvalue weighted by Gasteiger charge is 2.19. The number of unbranched alkanes of at least 4 members (excludes halogenated alkanes) is 26. The van der Waals surface area contributed by atoms with Crippen LogP contribution in [0.2, 0.25) is 0 Å². The van der Waals surface area contributed by atoms with Gasteiger partial charge in [-0.15, -0.1) is 0 Å². The number of carbonyl (C=O) groups excluding carboxylic acids is 3. The summed E-state index contributed by atoms with van der Waals surface area (Å²) >= 11 is 0. The lowest BCUT2D eigenvalue weighted by Gasteiger charge is -2.18. The highest BCUT2D eigenvalue weighted by Crippen LogP contribution is 2.18. The third-order valence-electron chi connectivity index (χ3n) is 11.8. The van der Waals surface area contributed by atoms with E-state index < -0.39 is 6.10 Å². The molecule has 0 aliphatic heterocycles. The number of ether oxygens (including phenoxy) is 3. The maximum atomic E-state index is 12.8. The van der Waals surface area contributed by atoms with Crippen LogP contribution < -0.4 is 0 Å². The van der Waals surface area contributed by atoms with E-state index in [1.165, 1.54) is 154 Å². The SMILES string of the molecule is CCC(C)CCCCCCCCCCCCC(=O)OC[C@H](COC(=O)CCCCCCCCC(C)C)OC(=O)CCCCCCCCCCCCCCCC(C)C. The van der Waals surface area contributed by atoms with Crippen molar-refractivity contribution >= 4 is 17.9 Å². The quantitative estimate of drug-likeness (QED) is 0.0347. The van der Waals surface area contributed by atoms with Crippen molar-refractivity contribution in [2.45, 2.75) is 279 Å². The Kier molecular flexibility index (Phi) is 41.3. The summed E-state index contributed by atoms with van der Waals surface area (Å²) in [5.41, 5.74) is 0. The second-order valence-electron chi connectivity index (χ2n) is 18.6. The highest BCUT2D eigenvalue weighted by atomic mass is 16.6. The zero-order valence-corrected chi connectivity index (χ0v) is 39.1. The maximum Gasteiger partial charge on any atom is 0.306 e. The van der Waals surface area contributed by atoms with Crippen LogP contribution in [0.4, 0.5) is 0 Å². The molecule has 57 heavy (non-hydrogen) atoms. The van der Waals surface area contributed by atoms with Gasteiger partial charge in [-0.1, -0.05) is 234 Å². The van der Waals surface area contributed by atoms with Gasteiger partial charge in [0.1, 0.15) is 13.2 Å². The van der Waals surface area contributed by atoms with Crippen molar-refractivity contribution in [1.29, 1.82) is 0 Å². The minimum Gasteiger partial charge on any atom is -0.462 e. The average Bonchev–Trinajstić information content (AvgIpc) is 3.18. The Bertz CT molecular complexity index is 885. The van der Waals surface area contributed by atoms with Gasteiger partial charge in [-0.2, -0.15) is 0 Å². The zero-order chi connectivity index (χ0) is 42.0. The van der Waals surface area contributed by atoms with E-state index in [2.05, 4.69) is 41.5 Å². The molecule has 0 fully saturated rings. The molecular weight excluding hydrogens is 709 g/mol. The second kappa shape index (κ2) is 42.5. The van der Waals surface area contributed by atoms with E-state index in [0.29, 0.717) is 19.3 Å². The molecule has 338 valence electrons. The molecule has 0 aromatic rings. The predicted molar refractivity (Wildman–Crippen MR) is 243 cm³/mol. The Balaban J connectivity index is 4.30. The van der Waals surface area contributed by atoms with E-state index in [0.717, 1.165) is 75.5 Å². The summed E-state index contributed by atoms with van der Waals surface area (Å²) in [6.45, 7) is 13.7. The Labute approximate surface area is 355 Å². The molecule has 0 aliphatic carbocycles. The molecule has 0 aromatic heterocycles. The van der Waals surface area contributed by atoms with Crippen LogP contribution in [-0.4, -0.2) is 37.2 Å². The average molecular weight is 807 g/mol. The summed E-state index contributed by atoms with van der Waals surface area (Å²) in [6, 6.07) is 0. The fraction of sp³-hybridized carbons (Fsp3) is 0.941. The molecule has 6 nitrogen and oxygen atoms in total. The second-order valence-corrected chi connectivity index (χ2v) is 18.6. The lowest BCUT2D eigenvalue weighted by Crippen LogP contribution is -2.30. The first-order chi connectivity index (χ1) is 27.6. The Morgan fingerprint density at radius 3 is 0.912 bits per heavy atom. The van der Waals surface area contributed by atoms with Crippen LogP contribution in [0.15, 0.2) is 0 Å². The molecule has 0 amide bonds. The third kappa shape index (κ3) is 43.8. The molecular formula is C51H98O6. The van der Waals surface area contributed by atoms with Gasteiger partial charge in [0.05, 0.1) is 0 Å². The summed E-state index contributed by atoms with van der Waals surface area (Å²) < 4.78 is 16.8. The third-order valence-corrected chi connectivity index (χ3v) is 11.8. The van der Waals surface area contributed by atoms with Crippen LogP contribution in [0.1, 0.15) is 273 Å². The smallest absolute Gasteiger partial charge is 0.306 e. The van der Waals surface area contributed by atoms with Crippen molar-refractivity contribution in [2.75, 3.05) is 13.2 Å². The molecule has 0 bridgehead atoms. The zero-order valence-electron chi connectivity index (χ0n) is 39.1. The van der Waals surface area contributed by atoms with Crippen molar-refractivity contribution < 1.29 is 28.6 Å². The van der Waals surface area contributed by atoms with E-state index in [1.54, 1.807) is 0 Å². The van der Waals surface area contributed by atoms with E-state index in [4.69, 9.17) is 14.2 Å². The van der Waals surface area contributed by atoms with Gasteiger partial charge in [0, 0.05) is 19.3 Å². The largest absolute Gasteiger partial charge is 0.462 e. The van der Waals surface area contributed by atoms with Gasteiger partial charge >= 0.3 is 17.9 Å². The number of hydrogen-bond acceptors (Lipinski definition) is 6. The van der Waals surface area contributed by atoms with Gasteiger partial charge in [0.2, 0.25) is 0 Å². The van der Waals surface area contributed by atoms with Crippen molar-refractivity contribution in [3.05, 3.63) is 0 Å². The number of carbonyl (C=O) groups is 3. The van der Waals surface area contributed by atoms with E-state index in [9.17, 15) is 14.4 Å². The number of esters is 3. The van der Waals surface area contributed by atoms with Crippen molar-refractivity contribution in [1.82, 2.24) is 0 Å². The summed E-state index contributed by atoms with van der Waals surface area (Å²) in [5.74, 6) is 1.61. The molecule has 0 saturated carbocycles. The van der Waals surface area contributed by atoms with Crippen LogP contribution >= 0.6 is 0 Å². The summed E-state index contributed by atoms with van der Waals surface area (Å²) in [5, 5.41) is 0. The Morgan fingerprint density at radius 2 is 0.614 bits per heavy atom. The standard InChI is InChI=1S/C51H98O6/c1-7-47(6)39-33-27-20-16-13-14-17-21-28-34-40-49(52)55-43-48(44-56-50(53)41-35-29-24-23-26-32-38-46(4)5)57-51(54)42-36-30-22-18-12-10-8-9-11-15-19-25-31-37-45(2)3/h45-48H,7-44H2,1-6H3/t47?,48-/m1/s1. The molecule has 6 heteroatoms. The van der Waals surface area contributed by atoms with Gasteiger partial charge in [-0.3, -0.25) is 14.4 Å². The van der Waals surface area contributed by atoms with Crippen molar-refractivity contribution in [2.24, 2.45) is 17.8 Å². The number of hydrogen-bond donors (Lipinski definition) is 0. The van der Waals surface area contributed by atoms with Gasteiger partial charge in [0.25, 0.3) is 0 Å².